The number of fused-ring (bicyclic) bond motifs is 1. The van der Waals surface area contributed by atoms with Gasteiger partial charge in [0, 0.05) is 23.4 Å². The average molecular weight is 340 g/mol. The molecule has 4 nitrogen and oxygen atoms in total. The summed E-state index contributed by atoms with van der Waals surface area (Å²) < 4.78 is 29.5. The van der Waals surface area contributed by atoms with Gasteiger partial charge in [0.25, 0.3) is 0 Å². The van der Waals surface area contributed by atoms with E-state index in [4.69, 9.17) is 11.6 Å². The maximum Gasteiger partial charge on any atom is 0.346 e. The molecular formula is C16H16ClF2N3O. The van der Waals surface area contributed by atoms with Crippen LogP contribution in [-0.2, 0) is 13.0 Å². The summed E-state index contributed by atoms with van der Waals surface area (Å²) in [6.45, 7) is 4.93. The van der Waals surface area contributed by atoms with Gasteiger partial charge in [0.2, 0.25) is 0 Å². The summed E-state index contributed by atoms with van der Waals surface area (Å²) in [5.41, 5.74) is 0.715. The first-order valence-electron chi connectivity index (χ1n) is 7.35. The Morgan fingerprint density at radius 1 is 1.52 bits per heavy atom. The van der Waals surface area contributed by atoms with Crippen LogP contribution in [0.2, 0.25) is 5.02 Å². The van der Waals surface area contributed by atoms with Crippen LogP contribution in [0.15, 0.2) is 29.3 Å². The van der Waals surface area contributed by atoms with E-state index in [1.165, 1.54) is 10.7 Å². The molecule has 1 aromatic carbocycles. The van der Waals surface area contributed by atoms with Crippen LogP contribution >= 0.6 is 11.6 Å². The van der Waals surface area contributed by atoms with Crippen molar-refractivity contribution < 1.29 is 8.78 Å². The van der Waals surface area contributed by atoms with Crippen molar-refractivity contribution in [3.8, 4) is 0 Å². The van der Waals surface area contributed by atoms with Gasteiger partial charge in [-0.3, -0.25) is 4.57 Å². The summed E-state index contributed by atoms with van der Waals surface area (Å²) >= 11 is 6.05. The lowest BCUT2D eigenvalue weighted by molar-refractivity contribution is 0.497. The van der Waals surface area contributed by atoms with Gasteiger partial charge in [0.15, 0.2) is 0 Å². The molecule has 0 N–H and O–H groups in total. The van der Waals surface area contributed by atoms with E-state index in [1.54, 1.807) is 17.6 Å². The number of aromatic nitrogens is 3. The Hall–Kier alpha value is -1.95. The van der Waals surface area contributed by atoms with Crippen molar-refractivity contribution in [1.29, 1.82) is 0 Å². The predicted octanol–water partition coefficient (Wildman–Crippen LogP) is 3.55. The van der Waals surface area contributed by atoms with Gasteiger partial charge in [-0.2, -0.15) is 5.10 Å². The first-order valence-corrected chi connectivity index (χ1v) is 7.73. The molecule has 0 saturated carbocycles. The lowest BCUT2D eigenvalue weighted by Crippen LogP contribution is -2.27. The van der Waals surface area contributed by atoms with Crippen molar-refractivity contribution in [2.45, 2.75) is 38.8 Å². The molecule has 0 bridgehead atoms. The van der Waals surface area contributed by atoms with Crippen LogP contribution < -0.4 is 5.69 Å². The van der Waals surface area contributed by atoms with E-state index in [1.807, 2.05) is 0 Å². The summed E-state index contributed by atoms with van der Waals surface area (Å²) in [5, 5.41) is 4.57. The lowest BCUT2D eigenvalue weighted by atomic mass is 10.0. The maximum atomic E-state index is 13.9. The van der Waals surface area contributed by atoms with Crippen molar-refractivity contribution in [2.24, 2.45) is 0 Å². The van der Waals surface area contributed by atoms with Crippen molar-refractivity contribution in [1.82, 2.24) is 14.3 Å². The quantitative estimate of drug-likeness (QED) is 0.854. The lowest BCUT2D eigenvalue weighted by Gasteiger charge is -2.14. The Balaban J connectivity index is 1.98. The molecule has 122 valence electrons. The fourth-order valence-corrected chi connectivity index (χ4v) is 3.11. The smallest absolute Gasteiger partial charge is 0.271 e. The Bertz CT molecular complexity index is 817. The fourth-order valence-electron chi connectivity index (χ4n) is 2.89. The Morgan fingerprint density at radius 3 is 2.91 bits per heavy atom. The van der Waals surface area contributed by atoms with Crippen molar-refractivity contribution in [3.63, 3.8) is 0 Å². The summed E-state index contributed by atoms with van der Waals surface area (Å²) in [7, 11) is 0. The zero-order chi connectivity index (χ0) is 16.7. The van der Waals surface area contributed by atoms with Crippen molar-refractivity contribution in [2.75, 3.05) is 0 Å². The molecule has 0 saturated heterocycles. The molecule has 3 rings (SSSR count). The minimum Gasteiger partial charge on any atom is -0.271 e. The summed E-state index contributed by atoms with van der Waals surface area (Å²) in [5.74, 6) is -0.259. The van der Waals surface area contributed by atoms with E-state index in [9.17, 15) is 13.6 Å². The molecule has 2 aromatic rings. The van der Waals surface area contributed by atoms with Crippen LogP contribution in [-0.4, -0.2) is 14.3 Å². The third-order valence-electron chi connectivity index (χ3n) is 4.18. The minimum atomic E-state index is -0.492. The van der Waals surface area contributed by atoms with Gasteiger partial charge in [-0.05, 0) is 31.0 Å². The molecule has 0 spiro atoms. The highest BCUT2D eigenvalue weighted by Gasteiger charge is 2.29. The molecule has 0 radical (unpaired) electrons. The number of halogens is 3. The predicted molar refractivity (Wildman–Crippen MR) is 84.0 cm³/mol. The molecular weight excluding hydrogens is 324 g/mol. The number of nitrogens with zero attached hydrogens (tertiary/aromatic N) is 3. The molecule has 1 unspecified atom stereocenters. The van der Waals surface area contributed by atoms with E-state index in [2.05, 4.69) is 11.7 Å². The van der Waals surface area contributed by atoms with E-state index >= 15 is 0 Å². The van der Waals surface area contributed by atoms with E-state index in [0.29, 0.717) is 34.8 Å². The van der Waals surface area contributed by atoms with E-state index < -0.39 is 11.6 Å². The highest BCUT2D eigenvalue weighted by Crippen LogP contribution is 2.32. The molecule has 1 aliphatic heterocycles. The van der Waals surface area contributed by atoms with Gasteiger partial charge in [-0.25, -0.2) is 18.3 Å². The highest BCUT2D eigenvalue weighted by molar-refractivity contribution is 6.31. The van der Waals surface area contributed by atoms with Crippen molar-refractivity contribution >= 4 is 11.6 Å². The monoisotopic (exact) mass is 339 g/mol. The molecule has 0 amide bonds. The van der Waals surface area contributed by atoms with Gasteiger partial charge < -0.3 is 0 Å². The third kappa shape index (κ3) is 2.83. The Morgan fingerprint density at radius 2 is 2.26 bits per heavy atom. The van der Waals surface area contributed by atoms with Crippen LogP contribution in [0.5, 0.6) is 0 Å². The zero-order valence-electron chi connectivity index (χ0n) is 12.7. The SMILES string of the molecule is C=C(F)CCn1nc2n(c1=O)C(c1cc(F)c(C)c(Cl)c1)CC2. The number of allylic oxidation sites excluding steroid dienone is 1. The third-order valence-corrected chi connectivity index (χ3v) is 4.57. The van der Waals surface area contributed by atoms with Crippen molar-refractivity contribution in [3.05, 3.63) is 62.8 Å². The van der Waals surface area contributed by atoms with Crippen LogP contribution in [0.3, 0.4) is 0 Å². The van der Waals surface area contributed by atoms with Gasteiger partial charge in [-0.1, -0.05) is 18.2 Å². The maximum absolute atomic E-state index is 13.9. The molecule has 1 aromatic heterocycles. The largest absolute Gasteiger partial charge is 0.346 e. The van der Waals surface area contributed by atoms with Crippen LogP contribution in [0.25, 0.3) is 0 Å². The minimum absolute atomic E-state index is 0.0476. The first kappa shape index (κ1) is 15.9. The Kier molecular flexibility index (Phi) is 4.10. The Labute approximate surface area is 137 Å². The normalized spacial score (nSPS) is 16.6. The first-order chi connectivity index (χ1) is 10.9. The van der Waals surface area contributed by atoms with Gasteiger partial charge >= 0.3 is 5.69 Å². The second kappa shape index (κ2) is 5.92. The summed E-state index contributed by atoms with van der Waals surface area (Å²) in [4.78, 5) is 12.5. The number of hydrogen-bond donors (Lipinski definition) is 0. The van der Waals surface area contributed by atoms with Gasteiger partial charge in [0.05, 0.1) is 18.4 Å². The van der Waals surface area contributed by atoms with Crippen LogP contribution in [0, 0.1) is 12.7 Å². The molecule has 2 heterocycles. The zero-order valence-corrected chi connectivity index (χ0v) is 13.4. The average Bonchev–Trinajstić information content (AvgIpc) is 3.03. The molecule has 7 heteroatoms. The molecule has 1 atom stereocenters. The summed E-state index contributed by atoms with van der Waals surface area (Å²) in [6, 6.07) is 2.80. The standard InChI is InChI=1S/C16H16ClF2N3O/c1-9(18)5-6-21-16(23)22-14(3-4-15(22)20-21)11-7-12(17)10(2)13(19)8-11/h7-8,14H,1,3-6H2,2H3. The molecule has 23 heavy (non-hydrogen) atoms. The van der Waals surface area contributed by atoms with Crippen LogP contribution in [0.4, 0.5) is 8.78 Å². The highest BCUT2D eigenvalue weighted by atomic mass is 35.5. The second-order valence-corrected chi connectivity index (χ2v) is 6.13. The summed E-state index contributed by atoms with van der Waals surface area (Å²) in [6.07, 6.45) is 1.32. The topological polar surface area (TPSA) is 39.8 Å². The van der Waals surface area contributed by atoms with Gasteiger partial charge in [0.1, 0.15) is 11.6 Å². The molecule has 0 fully saturated rings. The second-order valence-electron chi connectivity index (χ2n) is 5.72. The molecule has 0 aliphatic carbocycles. The molecule has 1 aliphatic rings. The van der Waals surface area contributed by atoms with Gasteiger partial charge in [-0.15, -0.1) is 0 Å². The van der Waals surface area contributed by atoms with Crippen LogP contribution in [0.1, 0.15) is 35.8 Å². The van der Waals surface area contributed by atoms with E-state index in [0.717, 1.165) is 0 Å². The number of aryl methyl sites for hydroxylation is 2. The number of rotatable bonds is 4. The number of benzene rings is 1. The number of hydrogen-bond acceptors (Lipinski definition) is 2. The van der Waals surface area contributed by atoms with E-state index in [-0.39, 0.29) is 24.7 Å². The fraction of sp³-hybridized carbons (Fsp3) is 0.375.